The van der Waals surface area contributed by atoms with Gasteiger partial charge in [-0.25, -0.2) is 0 Å². The molecule has 0 aromatic carbocycles. The zero-order chi connectivity index (χ0) is 9.23. The summed E-state index contributed by atoms with van der Waals surface area (Å²) in [6.45, 7) is 6.73. The Balaban J connectivity index is 3.56. The van der Waals surface area contributed by atoms with Gasteiger partial charge in [0.1, 0.15) is 0 Å². The Morgan fingerprint density at radius 3 is 2.42 bits per heavy atom. The minimum absolute atomic E-state index is 1.19. The minimum atomic E-state index is 1.19. The first-order valence-corrected chi connectivity index (χ1v) is 6.15. The van der Waals surface area contributed by atoms with Crippen LogP contribution in [0.1, 0.15) is 52.9 Å². The molecule has 0 aromatic rings. The van der Waals surface area contributed by atoms with Crippen molar-refractivity contribution in [3.05, 3.63) is 11.0 Å². The molecule has 0 heterocycles. The van der Waals surface area contributed by atoms with Crippen LogP contribution in [-0.2, 0) is 0 Å². The quantitative estimate of drug-likeness (QED) is 0.523. The van der Waals surface area contributed by atoms with E-state index in [-0.39, 0.29) is 0 Å². The van der Waals surface area contributed by atoms with E-state index in [9.17, 15) is 0 Å². The first kappa shape index (κ1) is 12.1. The fourth-order valence-electron chi connectivity index (χ4n) is 1.05. The molecular formula is C11H22S. The average molecular weight is 186 g/mol. The normalized spacial score (nSPS) is 12.1. The molecule has 0 fully saturated rings. The molecule has 1 heteroatoms. The number of hydrogen-bond donors (Lipinski definition) is 0. The standard InChI is InChI=1S/C11H22S/c1-4-7-10-12-11(8-5-2)9-6-3/h8H,4-7,9-10H2,1-3H3/b11-8-. The van der Waals surface area contributed by atoms with Gasteiger partial charge in [-0.15, -0.1) is 11.8 Å². The van der Waals surface area contributed by atoms with Crippen LogP contribution in [-0.4, -0.2) is 5.75 Å². The minimum Gasteiger partial charge on any atom is -0.131 e. The number of thioether (sulfide) groups is 1. The summed E-state index contributed by atoms with van der Waals surface area (Å²) in [7, 11) is 0. The highest BCUT2D eigenvalue weighted by atomic mass is 32.2. The molecule has 0 rings (SSSR count). The van der Waals surface area contributed by atoms with Crippen molar-refractivity contribution in [2.24, 2.45) is 0 Å². The Labute approximate surface area is 81.8 Å². The van der Waals surface area contributed by atoms with Gasteiger partial charge in [-0.2, -0.15) is 0 Å². The summed E-state index contributed by atoms with van der Waals surface area (Å²) in [5.41, 5.74) is 0. The molecule has 0 amide bonds. The smallest absolute Gasteiger partial charge is 0.00235 e. The van der Waals surface area contributed by atoms with Crippen LogP contribution in [0.3, 0.4) is 0 Å². The number of unbranched alkanes of at least 4 members (excludes halogenated alkanes) is 1. The van der Waals surface area contributed by atoms with Crippen molar-refractivity contribution in [2.75, 3.05) is 5.75 Å². The zero-order valence-electron chi connectivity index (χ0n) is 8.73. The molecule has 0 nitrogen and oxygen atoms in total. The van der Waals surface area contributed by atoms with Crippen molar-refractivity contribution >= 4 is 11.8 Å². The van der Waals surface area contributed by atoms with Crippen molar-refractivity contribution in [1.29, 1.82) is 0 Å². The van der Waals surface area contributed by atoms with Gasteiger partial charge >= 0.3 is 0 Å². The van der Waals surface area contributed by atoms with E-state index in [2.05, 4.69) is 38.6 Å². The summed E-state index contributed by atoms with van der Waals surface area (Å²) >= 11 is 2.06. The van der Waals surface area contributed by atoms with Gasteiger partial charge < -0.3 is 0 Å². The topological polar surface area (TPSA) is 0 Å². The summed E-state index contributed by atoms with van der Waals surface area (Å²) in [6, 6.07) is 0. The van der Waals surface area contributed by atoms with Crippen molar-refractivity contribution in [3.8, 4) is 0 Å². The third-order valence-electron chi connectivity index (χ3n) is 1.71. The highest BCUT2D eigenvalue weighted by molar-refractivity contribution is 8.03. The fourth-order valence-corrected chi connectivity index (χ4v) is 2.38. The van der Waals surface area contributed by atoms with Gasteiger partial charge in [0.2, 0.25) is 0 Å². The summed E-state index contributed by atoms with van der Waals surface area (Å²) in [5, 5.41) is 0. The third-order valence-corrected chi connectivity index (χ3v) is 2.95. The maximum Gasteiger partial charge on any atom is -0.00235 e. The van der Waals surface area contributed by atoms with Gasteiger partial charge in [0.15, 0.2) is 0 Å². The predicted octanol–water partition coefficient (Wildman–Crippen LogP) is 4.61. The lowest BCUT2D eigenvalue weighted by Gasteiger charge is -2.04. The lowest BCUT2D eigenvalue weighted by atomic mass is 10.3. The van der Waals surface area contributed by atoms with Crippen molar-refractivity contribution in [2.45, 2.75) is 52.9 Å². The summed E-state index contributed by atoms with van der Waals surface area (Å²) < 4.78 is 0. The largest absolute Gasteiger partial charge is 0.131 e. The second kappa shape index (κ2) is 9.18. The van der Waals surface area contributed by atoms with Gasteiger partial charge in [0.25, 0.3) is 0 Å². The lowest BCUT2D eigenvalue weighted by molar-refractivity contribution is 0.893. The highest BCUT2D eigenvalue weighted by Crippen LogP contribution is 2.22. The van der Waals surface area contributed by atoms with Crippen LogP contribution in [0.25, 0.3) is 0 Å². The van der Waals surface area contributed by atoms with Crippen LogP contribution in [0.4, 0.5) is 0 Å². The molecule has 0 aromatic heterocycles. The monoisotopic (exact) mass is 186 g/mol. The Morgan fingerprint density at radius 1 is 1.17 bits per heavy atom. The number of hydrogen-bond acceptors (Lipinski definition) is 1. The average Bonchev–Trinajstić information content (AvgIpc) is 2.06. The molecule has 0 aliphatic heterocycles. The van der Waals surface area contributed by atoms with E-state index in [1.54, 1.807) is 4.91 Å². The van der Waals surface area contributed by atoms with Gasteiger partial charge in [-0.05, 0) is 29.9 Å². The van der Waals surface area contributed by atoms with Crippen LogP contribution in [0, 0.1) is 0 Å². The number of rotatable bonds is 7. The Bertz CT molecular complexity index is 116. The Kier molecular flexibility index (Phi) is 9.25. The molecule has 0 saturated carbocycles. The van der Waals surface area contributed by atoms with Crippen LogP contribution in [0.15, 0.2) is 11.0 Å². The van der Waals surface area contributed by atoms with Crippen LogP contribution in [0.5, 0.6) is 0 Å². The SMILES string of the molecule is CC/C=C(/CCC)SCCCC. The van der Waals surface area contributed by atoms with Crippen molar-refractivity contribution in [1.82, 2.24) is 0 Å². The highest BCUT2D eigenvalue weighted by Gasteiger charge is 1.95. The van der Waals surface area contributed by atoms with Gasteiger partial charge in [0, 0.05) is 0 Å². The molecule has 0 aliphatic carbocycles. The van der Waals surface area contributed by atoms with E-state index in [1.807, 2.05) is 0 Å². The molecule has 0 aliphatic rings. The summed E-state index contributed by atoms with van der Waals surface area (Å²) in [4.78, 5) is 1.61. The van der Waals surface area contributed by atoms with E-state index in [4.69, 9.17) is 0 Å². The molecule has 0 radical (unpaired) electrons. The maximum atomic E-state index is 2.38. The molecule has 0 N–H and O–H groups in total. The zero-order valence-corrected chi connectivity index (χ0v) is 9.54. The molecule has 0 saturated heterocycles. The Morgan fingerprint density at radius 2 is 1.92 bits per heavy atom. The van der Waals surface area contributed by atoms with Crippen LogP contribution in [0.2, 0.25) is 0 Å². The third kappa shape index (κ3) is 6.78. The van der Waals surface area contributed by atoms with Crippen LogP contribution < -0.4 is 0 Å². The van der Waals surface area contributed by atoms with E-state index >= 15 is 0 Å². The van der Waals surface area contributed by atoms with Gasteiger partial charge in [-0.1, -0.05) is 39.7 Å². The molecule has 0 bridgehead atoms. The maximum absolute atomic E-state index is 2.38. The second-order valence-corrected chi connectivity index (χ2v) is 4.25. The van der Waals surface area contributed by atoms with Gasteiger partial charge in [0.05, 0.1) is 0 Å². The first-order chi connectivity index (χ1) is 5.85. The molecule has 0 unspecified atom stereocenters. The first-order valence-electron chi connectivity index (χ1n) is 5.16. The summed E-state index contributed by atoms with van der Waals surface area (Å²) in [6.07, 6.45) is 8.80. The Hall–Kier alpha value is 0.0900. The van der Waals surface area contributed by atoms with E-state index < -0.39 is 0 Å². The molecule has 12 heavy (non-hydrogen) atoms. The van der Waals surface area contributed by atoms with Gasteiger partial charge in [-0.3, -0.25) is 0 Å². The molecule has 72 valence electrons. The molecule has 0 atom stereocenters. The van der Waals surface area contributed by atoms with Crippen LogP contribution >= 0.6 is 11.8 Å². The molecule has 0 spiro atoms. The second-order valence-electron chi connectivity index (χ2n) is 3.03. The van der Waals surface area contributed by atoms with E-state index in [0.717, 1.165) is 0 Å². The van der Waals surface area contributed by atoms with Crippen molar-refractivity contribution in [3.63, 3.8) is 0 Å². The van der Waals surface area contributed by atoms with E-state index in [0.29, 0.717) is 0 Å². The van der Waals surface area contributed by atoms with Crippen molar-refractivity contribution < 1.29 is 0 Å². The predicted molar refractivity (Wildman–Crippen MR) is 60.6 cm³/mol. The fraction of sp³-hybridized carbons (Fsp3) is 0.818. The number of allylic oxidation sites excluding steroid dienone is 2. The van der Waals surface area contributed by atoms with E-state index in [1.165, 1.54) is 37.9 Å². The molecular weight excluding hydrogens is 164 g/mol. The lowest BCUT2D eigenvalue weighted by Crippen LogP contribution is -1.82. The summed E-state index contributed by atoms with van der Waals surface area (Å²) in [5.74, 6) is 1.31.